The number of carbonyl (C=O) groups excluding carboxylic acids is 3. The van der Waals surface area contributed by atoms with Crippen LogP contribution in [0.3, 0.4) is 0 Å². The minimum Gasteiger partial charge on any atom is -0.544 e. The number of carbonyl (C=O) groups is 3. The number of likely N-dealkylation sites (N-methyl/N-ethyl adjacent to an activating group) is 1. The predicted octanol–water partition coefficient (Wildman–Crippen LogP) is 7.57. The van der Waals surface area contributed by atoms with Crippen LogP contribution in [0.25, 0.3) is 0 Å². The Morgan fingerprint density at radius 3 is 1.85 bits per heavy atom. The Morgan fingerprint density at radius 1 is 0.660 bits per heavy atom. The van der Waals surface area contributed by atoms with Crippen LogP contribution < -0.4 is 5.11 Å². The van der Waals surface area contributed by atoms with Crippen molar-refractivity contribution in [2.45, 2.75) is 142 Å². The summed E-state index contributed by atoms with van der Waals surface area (Å²) in [6.45, 7) is 4.42. The summed E-state index contributed by atoms with van der Waals surface area (Å²) < 4.78 is 17.0. The standard InChI is InChI=1S/C39H67NO7/c1-6-8-10-12-14-16-18-20-22-24-26-28-30-38(42)47-35(33-45-32-31-36(39(43)44)40(3,4)5)34-46-37(41)29-27-25-23-21-19-17-15-13-11-9-7-2/h9,11,14-17,21,23,35-36H,6-8,10,12-13,18-20,22,24-34H2,1-5H3/b11-9+,16-14+,17-15+,23-21+. The summed E-state index contributed by atoms with van der Waals surface area (Å²) in [6, 6.07) is -0.733. The largest absolute Gasteiger partial charge is 0.544 e. The molecular weight excluding hydrogens is 594 g/mol. The first kappa shape index (κ1) is 44.3. The normalized spacial score (nSPS) is 13.6. The SMILES string of the molecule is CC/C=C/C/C=C/C/C=C/CCCC(=O)OCC(COCCC(C(=O)[O-])[N+](C)(C)C)OC(=O)CCCCCCC/C=C/CCCCC. The van der Waals surface area contributed by atoms with E-state index in [1.54, 1.807) is 21.1 Å². The first-order valence-corrected chi connectivity index (χ1v) is 18.2. The van der Waals surface area contributed by atoms with Gasteiger partial charge >= 0.3 is 11.9 Å². The molecule has 0 aromatic carbocycles. The second-order valence-electron chi connectivity index (χ2n) is 13.1. The Balaban J connectivity index is 4.55. The highest BCUT2D eigenvalue weighted by Gasteiger charge is 2.25. The van der Waals surface area contributed by atoms with Gasteiger partial charge in [-0.05, 0) is 64.2 Å². The zero-order valence-corrected chi connectivity index (χ0v) is 30.4. The van der Waals surface area contributed by atoms with Gasteiger partial charge in [-0.2, -0.15) is 0 Å². The number of allylic oxidation sites excluding steroid dienone is 8. The molecule has 8 nitrogen and oxygen atoms in total. The Kier molecular flexibility index (Phi) is 28.8. The quantitative estimate of drug-likeness (QED) is 0.0327. The number of aliphatic carboxylic acids is 1. The average molecular weight is 662 g/mol. The van der Waals surface area contributed by atoms with Crippen molar-refractivity contribution in [2.75, 3.05) is 41.0 Å². The summed E-state index contributed by atoms with van der Waals surface area (Å²) in [4.78, 5) is 36.5. The molecule has 0 aliphatic carbocycles. The zero-order valence-electron chi connectivity index (χ0n) is 30.4. The minimum absolute atomic E-state index is 0.0202. The molecule has 0 aliphatic rings. The molecule has 0 rings (SSSR count). The third kappa shape index (κ3) is 29.2. The van der Waals surface area contributed by atoms with E-state index in [2.05, 4.69) is 62.5 Å². The monoisotopic (exact) mass is 661 g/mol. The van der Waals surface area contributed by atoms with Crippen molar-refractivity contribution in [2.24, 2.45) is 0 Å². The van der Waals surface area contributed by atoms with Crippen molar-refractivity contribution in [3.8, 4) is 0 Å². The molecule has 0 aromatic rings. The maximum absolute atomic E-state index is 12.6. The highest BCUT2D eigenvalue weighted by molar-refractivity contribution is 5.70. The van der Waals surface area contributed by atoms with E-state index in [1.807, 2.05) is 0 Å². The van der Waals surface area contributed by atoms with E-state index in [1.165, 1.54) is 25.7 Å². The first-order chi connectivity index (χ1) is 22.6. The smallest absolute Gasteiger partial charge is 0.306 e. The summed E-state index contributed by atoms with van der Waals surface area (Å²) in [7, 11) is 5.37. The summed E-state index contributed by atoms with van der Waals surface area (Å²) in [5.74, 6) is -1.83. The number of nitrogens with zero attached hydrogens (tertiary/aromatic N) is 1. The first-order valence-electron chi connectivity index (χ1n) is 18.2. The van der Waals surface area contributed by atoms with Crippen molar-refractivity contribution in [1.82, 2.24) is 0 Å². The Morgan fingerprint density at radius 2 is 1.21 bits per heavy atom. The molecule has 2 atom stereocenters. The highest BCUT2D eigenvalue weighted by atomic mass is 16.6. The van der Waals surface area contributed by atoms with Gasteiger partial charge in [0.2, 0.25) is 0 Å². The fourth-order valence-corrected chi connectivity index (χ4v) is 4.85. The number of ether oxygens (including phenoxy) is 3. The number of quaternary nitrogens is 1. The average Bonchev–Trinajstić information content (AvgIpc) is 3.01. The van der Waals surface area contributed by atoms with E-state index < -0.39 is 18.1 Å². The second-order valence-corrected chi connectivity index (χ2v) is 13.1. The van der Waals surface area contributed by atoms with Crippen LogP contribution in [-0.2, 0) is 28.6 Å². The zero-order chi connectivity index (χ0) is 35.0. The van der Waals surface area contributed by atoms with Crippen LogP contribution >= 0.6 is 0 Å². The fourth-order valence-electron chi connectivity index (χ4n) is 4.85. The van der Waals surface area contributed by atoms with E-state index in [0.29, 0.717) is 12.8 Å². The molecule has 47 heavy (non-hydrogen) atoms. The van der Waals surface area contributed by atoms with E-state index >= 15 is 0 Å². The third-order valence-corrected chi connectivity index (χ3v) is 7.70. The van der Waals surface area contributed by atoms with Crippen molar-refractivity contribution >= 4 is 17.9 Å². The van der Waals surface area contributed by atoms with Crippen LogP contribution in [0.1, 0.15) is 129 Å². The topological polar surface area (TPSA) is 102 Å². The van der Waals surface area contributed by atoms with Crippen LogP contribution in [-0.4, -0.2) is 75.5 Å². The van der Waals surface area contributed by atoms with Gasteiger partial charge in [-0.3, -0.25) is 9.59 Å². The van der Waals surface area contributed by atoms with Gasteiger partial charge in [0.1, 0.15) is 12.6 Å². The second kappa shape index (κ2) is 30.6. The summed E-state index contributed by atoms with van der Waals surface area (Å²) in [6.07, 6.45) is 32.9. The Labute approximate surface area is 286 Å². The number of carboxylic acid groups (broad SMARTS) is 1. The van der Waals surface area contributed by atoms with E-state index in [-0.39, 0.29) is 49.1 Å². The van der Waals surface area contributed by atoms with Crippen LogP contribution in [0.2, 0.25) is 0 Å². The van der Waals surface area contributed by atoms with Crippen LogP contribution in [0.5, 0.6) is 0 Å². The molecule has 0 N–H and O–H groups in total. The molecule has 270 valence electrons. The molecule has 0 heterocycles. The maximum atomic E-state index is 12.6. The maximum Gasteiger partial charge on any atom is 0.306 e. The van der Waals surface area contributed by atoms with Gasteiger partial charge in [0.05, 0.1) is 40.3 Å². The van der Waals surface area contributed by atoms with Crippen molar-refractivity contribution < 1.29 is 38.2 Å². The lowest BCUT2D eigenvalue weighted by Gasteiger charge is -2.34. The number of hydrogen-bond donors (Lipinski definition) is 0. The van der Waals surface area contributed by atoms with Gasteiger partial charge in [-0.15, -0.1) is 0 Å². The van der Waals surface area contributed by atoms with Crippen molar-refractivity contribution in [1.29, 1.82) is 0 Å². The Bertz CT molecular complexity index is 917. The Hall–Kier alpha value is -2.71. The number of unbranched alkanes of at least 4 members (excludes halogenated alkanes) is 9. The molecule has 0 amide bonds. The molecular formula is C39H67NO7. The number of rotatable bonds is 31. The molecule has 8 heteroatoms. The summed E-state index contributed by atoms with van der Waals surface area (Å²) in [5, 5.41) is 11.6. The third-order valence-electron chi connectivity index (χ3n) is 7.70. The lowest BCUT2D eigenvalue weighted by atomic mass is 10.1. The number of esters is 2. The highest BCUT2D eigenvalue weighted by Crippen LogP contribution is 2.12. The van der Waals surface area contributed by atoms with E-state index in [4.69, 9.17) is 14.2 Å². The fraction of sp³-hybridized carbons (Fsp3) is 0.718. The number of carboxylic acids is 1. The van der Waals surface area contributed by atoms with Crippen LogP contribution in [0.4, 0.5) is 0 Å². The molecule has 0 spiro atoms. The van der Waals surface area contributed by atoms with Gasteiger partial charge in [0.15, 0.2) is 6.10 Å². The molecule has 0 aromatic heterocycles. The van der Waals surface area contributed by atoms with Crippen LogP contribution in [0, 0.1) is 0 Å². The van der Waals surface area contributed by atoms with Gasteiger partial charge in [0.25, 0.3) is 0 Å². The van der Waals surface area contributed by atoms with Gasteiger partial charge in [0, 0.05) is 19.3 Å². The van der Waals surface area contributed by atoms with Gasteiger partial charge in [-0.25, -0.2) is 0 Å². The molecule has 0 bridgehead atoms. The summed E-state index contributed by atoms with van der Waals surface area (Å²) in [5.41, 5.74) is 0. The lowest BCUT2D eigenvalue weighted by molar-refractivity contribution is -0.889. The van der Waals surface area contributed by atoms with Crippen LogP contribution in [0.15, 0.2) is 48.6 Å². The molecule has 0 saturated carbocycles. The molecule has 0 saturated heterocycles. The van der Waals surface area contributed by atoms with Crippen molar-refractivity contribution in [3.05, 3.63) is 48.6 Å². The lowest BCUT2D eigenvalue weighted by Crippen LogP contribution is -2.55. The molecule has 0 radical (unpaired) electrons. The molecule has 0 fully saturated rings. The molecule has 0 aliphatic heterocycles. The summed E-state index contributed by atoms with van der Waals surface area (Å²) >= 11 is 0. The minimum atomic E-state index is -1.14. The number of hydrogen-bond acceptors (Lipinski definition) is 7. The van der Waals surface area contributed by atoms with Gasteiger partial charge in [-0.1, -0.05) is 94.6 Å². The predicted molar refractivity (Wildman–Crippen MR) is 189 cm³/mol. The molecule has 2 unspecified atom stereocenters. The van der Waals surface area contributed by atoms with Crippen molar-refractivity contribution in [3.63, 3.8) is 0 Å². The van der Waals surface area contributed by atoms with E-state index in [9.17, 15) is 19.5 Å². The van der Waals surface area contributed by atoms with Gasteiger partial charge < -0.3 is 28.6 Å². The van der Waals surface area contributed by atoms with E-state index in [0.717, 1.165) is 64.2 Å².